The van der Waals surface area contributed by atoms with Gasteiger partial charge in [-0.15, -0.1) is 0 Å². The van der Waals surface area contributed by atoms with Crippen LogP contribution in [0.1, 0.15) is 20.3 Å². The number of aliphatic imine (C=N–C) groups is 1. The molecule has 1 aliphatic rings. The summed E-state index contributed by atoms with van der Waals surface area (Å²) in [6.45, 7) is 6.62. The molecule has 70 valence electrons. The zero-order chi connectivity index (χ0) is 9.19. The lowest BCUT2D eigenvalue weighted by Crippen LogP contribution is -2.60. The van der Waals surface area contributed by atoms with E-state index in [1.807, 2.05) is 0 Å². The molecule has 0 atom stereocenters. The maximum Gasteiger partial charge on any atom is 0.208 e. The standard InChI is InChI=1S/C8H18N4/c1-4-8(2)5-12(6-8)7(10-3)11-9/h4-6,9H2,1-3H3,(H,10,11). The fraction of sp³-hybridized carbons (Fsp3) is 0.875. The van der Waals surface area contributed by atoms with Gasteiger partial charge in [-0.25, -0.2) is 5.84 Å². The van der Waals surface area contributed by atoms with E-state index in [9.17, 15) is 0 Å². The SMILES string of the molecule is CCC1(C)CN(C(=NC)NN)C1. The van der Waals surface area contributed by atoms with Crippen molar-refractivity contribution in [2.24, 2.45) is 16.3 Å². The molecule has 0 aromatic rings. The van der Waals surface area contributed by atoms with Crippen LogP contribution in [-0.2, 0) is 0 Å². The first-order valence-electron chi connectivity index (χ1n) is 4.33. The topological polar surface area (TPSA) is 53.6 Å². The summed E-state index contributed by atoms with van der Waals surface area (Å²) in [4.78, 5) is 6.19. The lowest BCUT2D eigenvalue weighted by molar-refractivity contribution is 0.0708. The van der Waals surface area contributed by atoms with Gasteiger partial charge in [0.2, 0.25) is 5.96 Å². The van der Waals surface area contributed by atoms with Crippen LogP contribution in [0.3, 0.4) is 0 Å². The van der Waals surface area contributed by atoms with Crippen molar-refractivity contribution in [1.29, 1.82) is 0 Å². The molecule has 1 fully saturated rings. The molecule has 0 radical (unpaired) electrons. The van der Waals surface area contributed by atoms with Gasteiger partial charge in [0, 0.05) is 25.6 Å². The van der Waals surface area contributed by atoms with Crippen LogP contribution in [0.2, 0.25) is 0 Å². The van der Waals surface area contributed by atoms with Crippen molar-refractivity contribution in [2.45, 2.75) is 20.3 Å². The van der Waals surface area contributed by atoms with Crippen LogP contribution in [0.25, 0.3) is 0 Å². The number of nitrogens with zero attached hydrogens (tertiary/aromatic N) is 2. The molecule has 4 nitrogen and oxygen atoms in total. The highest BCUT2D eigenvalue weighted by atomic mass is 15.4. The Morgan fingerprint density at radius 1 is 1.67 bits per heavy atom. The number of hydrazine groups is 1. The van der Waals surface area contributed by atoms with Gasteiger partial charge in [-0.3, -0.25) is 10.4 Å². The minimum atomic E-state index is 0.465. The number of hydrogen-bond acceptors (Lipinski definition) is 2. The van der Waals surface area contributed by atoms with E-state index in [1.54, 1.807) is 7.05 Å². The molecule has 0 aromatic heterocycles. The Labute approximate surface area is 73.8 Å². The van der Waals surface area contributed by atoms with Crippen molar-refractivity contribution in [2.75, 3.05) is 20.1 Å². The Balaban J connectivity index is 2.43. The molecule has 0 unspecified atom stereocenters. The molecule has 0 aromatic carbocycles. The fourth-order valence-corrected chi connectivity index (χ4v) is 1.55. The number of likely N-dealkylation sites (tertiary alicyclic amines) is 1. The number of hydrogen-bond donors (Lipinski definition) is 2. The lowest BCUT2D eigenvalue weighted by Gasteiger charge is -2.48. The molecular formula is C8H18N4. The van der Waals surface area contributed by atoms with Crippen LogP contribution in [-0.4, -0.2) is 31.0 Å². The van der Waals surface area contributed by atoms with E-state index in [4.69, 9.17) is 5.84 Å². The zero-order valence-electron chi connectivity index (χ0n) is 8.09. The van der Waals surface area contributed by atoms with Gasteiger partial charge in [-0.1, -0.05) is 13.8 Å². The Hall–Kier alpha value is -0.770. The summed E-state index contributed by atoms with van der Waals surface area (Å²) in [6, 6.07) is 0. The largest absolute Gasteiger partial charge is 0.341 e. The highest BCUT2D eigenvalue weighted by Crippen LogP contribution is 2.32. The Morgan fingerprint density at radius 3 is 2.58 bits per heavy atom. The molecule has 0 saturated carbocycles. The molecule has 12 heavy (non-hydrogen) atoms. The maximum atomic E-state index is 5.30. The molecule has 4 heteroatoms. The maximum absolute atomic E-state index is 5.30. The van der Waals surface area contributed by atoms with Crippen molar-refractivity contribution in [3.05, 3.63) is 0 Å². The van der Waals surface area contributed by atoms with E-state index >= 15 is 0 Å². The second-order valence-electron chi connectivity index (χ2n) is 3.71. The summed E-state index contributed by atoms with van der Waals surface area (Å²) in [5.74, 6) is 6.09. The first kappa shape index (κ1) is 9.32. The average Bonchev–Trinajstić information content (AvgIpc) is 2.03. The number of guanidine groups is 1. The second kappa shape index (κ2) is 3.31. The highest BCUT2D eigenvalue weighted by molar-refractivity contribution is 5.80. The molecule has 0 spiro atoms. The molecule has 1 heterocycles. The molecule has 0 bridgehead atoms. The average molecular weight is 170 g/mol. The van der Waals surface area contributed by atoms with Gasteiger partial charge in [0.05, 0.1) is 0 Å². The van der Waals surface area contributed by atoms with Crippen LogP contribution in [0.5, 0.6) is 0 Å². The van der Waals surface area contributed by atoms with Crippen molar-refractivity contribution in [1.82, 2.24) is 10.3 Å². The van der Waals surface area contributed by atoms with Crippen molar-refractivity contribution in [3.63, 3.8) is 0 Å². The van der Waals surface area contributed by atoms with E-state index < -0.39 is 0 Å². The third kappa shape index (κ3) is 1.53. The summed E-state index contributed by atoms with van der Waals surface area (Å²) in [5, 5.41) is 0. The number of rotatable bonds is 1. The summed E-state index contributed by atoms with van der Waals surface area (Å²) in [7, 11) is 1.75. The molecule has 0 aliphatic carbocycles. The summed E-state index contributed by atoms with van der Waals surface area (Å²) in [6.07, 6.45) is 1.21. The predicted molar refractivity (Wildman–Crippen MR) is 50.7 cm³/mol. The molecular weight excluding hydrogens is 152 g/mol. The first-order chi connectivity index (χ1) is 5.65. The van der Waals surface area contributed by atoms with Gasteiger partial charge in [0.25, 0.3) is 0 Å². The van der Waals surface area contributed by atoms with Crippen LogP contribution in [0.4, 0.5) is 0 Å². The first-order valence-corrected chi connectivity index (χ1v) is 4.33. The van der Waals surface area contributed by atoms with E-state index in [2.05, 4.69) is 29.2 Å². The predicted octanol–water partition coefficient (Wildman–Crippen LogP) is 0.167. The zero-order valence-corrected chi connectivity index (χ0v) is 8.09. The third-order valence-corrected chi connectivity index (χ3v) is 2.64. The van der Waals surface area contributed by atoms with Gasteiger partial charge in [-0.05, 0) is 6.42 Å². The molecule has 3 N–H and O–H groups in total. The Morgan fingerprint density at radius 2 is 2.25 bits per heavy atom. The normalized spacial score (nSPS) is 22.0. The van der Waals surface area contributed by atoms with E-state index in [0.717, 1.165) is 19.0 Å². The lowest BCUT2D eigenvalue weighted by atomic mass is 9.80. The van der Waals surface area contributed by atoms with E-state index in [-0.39, 0.29) is 0 Å². The molecule has 0 amide bonds. The number of nitrogens with one attached hydrogen (secondary N) is 1. The van der Waals surface area contributed by atoms with Crippen LogP contribution in [0.15, 0.2) is 4.99 Å². The Kier molecular flexibility index (Phi) is 2.57. The number of nitrogens with two attached hydrogens (primary N) is 1. The molecule has 1 saturated heterocycles. The monoisotopic (exact) mass is 170 g/mol. The van der Waals surface area contributed by atoms with Crippen LogP contribution >= 0.6 is 0 Å². The van der Waals surface area contributed by atoms with Crippen molar-refractivity contribution in [3.8, 4) is 0 Å². The van der Waals surface area contributed by atoms with Gasteiger partial charge in [0.15, 0.2) is 0 Å². The van der Waals surface area contributed by atoms with E-state index in [0.29, 0.717) is 5.41 Å². The van der Waals surface area contributed by atoms with Gasteiger partial charge in [0.1, 0.15) is 0 Å². The third-order valence-electron chi connectivity index (χ3n) is 2.64. The molecule has 1 rings (SSSR count). The summed E-state index contributed by atoms with van der Waals surface area (Å²) >= 11 is 0. The van der Waals surface area contributed by atoms with Crippen molar-refractivity contribution >= 4 is 5.96 Å². The van der Waals surface area contributed by atoms with Gasteiger partial charge >= 0.3 is 0 Å². The minimum absolute atomic E-state index is 0.465. The summed E-state index contributed by atoms with van der Waals surface area (Å²) < 4.78 is 0. The Bertz CT molecular complexity index is 181. The summed E-state index contributed by atoms with van der Waals surface area (Å²) in [5.41, 5.74) is 3.06. The smallest absolute Gasteiger partial charge is 0.208 e. The minimum Gasteiger partial charge on any atom is -0.341 e. The van der Waals surface area contributed by atoms with E-state index in [1.165, 1.54) is 6.42 Å². The van der Waals surface area contributed by atoms with Gasteiger partial charge < -0.3 is 4.90 Å². The van der Waals surface area contributed by atoms with Crippen LogP contribution < -0.4 is 11.3 Å². The van der Waals surface area contributed by atoms with Crippen LogP contribution in [0, 0.1) is 5.41 Å². The quantitative estimate of drug-likeness (QED) is 0.255. The van der Waals surface area contributed by atoms with Crippen molar-refractivity contribution < 1.29 is 0 Å². The van der Waals surface area contributed by atoms with Gasteiger partial charge in [-0.2, -0.15) is 0 Å². The second-order valence-corrected chi connectivity index (χ2v) is 3.71. The fourth-order valence-electron chi connectivity index (χ4n) is 1.55. The molecule has 1 aliphatic heterocycles. The highest BCUT2D eigenvalue weighted by Gasteiger charge is 2.38.